The first kappa shape index (κ1) is 38.3. The van der Waals surface area contributed by atoms with E-state index in [1.165, 1.54) is 111 Å². The van der Waals surface area contributed by atoms with Crippen molar-refractivity contribution in [2.24, 2.45) is 0 Å². The second kappa shape index (κ2) is 14.9. The molecule has 0 atom stereocenters. The van der Waals surface area contributed by atoms with Crippen molar-refractivity contribution in [1.82, 2.24) is 4.98 Å². The third-order valence-electron chi connectivity index (χ3n) is 14.4. The third kappa shape index (κ3) is 6.17. The third-order valence-corrected chi connectivity index (χ3v) is 14.4. The molecule has 1 N–H and O–H groups in total. The standard InChI is InChI=1S/C64H46N2/c1-64(2)60-20-8-6-16-56(60)57-34-27-46(40-61(57)64)43-24-30-51(31-25-43)66(50-28-22-42(23-29-50)41-12-4-3-5-13-41)52-32-35-54-49(39-52)38-48-37-45(26-33-53(48)54)44-14-10-15-47(36-44)55-18-11-19-59-58-17-7-9-21-62(58)65-63(55)59/h3-37,39-40,65H,38H2,1-2H3. The molecular formula is C64H46N2. The Balaban J connectivity index is 0.833. The van der Waals surface area contributed by atoms with Crippen molar-refractivity contribution < 1.29 is 0 Å². The topological polar surface area (TPSA) is 19.0 Å². The highest BCUT2D eigenvalue weighted by Gasteiger charge is 2.35. The van der Waals surface area contributed by atoms with Crippen LogP contribution in [0.1, 0.15) is 36.1 Å². The first-order chi connectivity index (χ1) is 32.4. The van der Waals surface area contributed by atoms with Gasteiger partial charge in [0.15, 0.2) is 0 Å². The van der Waals surface area contributed by atoms with Crippen molar-refractivity contribution in [3.8, 4) is 66.8 Å². The molecule has 11 aromatic rings. The molecule has 312 valence electrons. The quantitative estimate of drug-likeness (QED) is 0.169. The maximum Gasteiger partial charge on any atom is 0.0544 e. The van der Waals surface area contributed by atoms with E-state index in [-0.39, 0.29) is 5.41 Å². The van der Waals surface area contributed by atoms with E-state index in [1.807, 2.05) is 0 Å². The predicted octanol–water partition coefficient (Wildman–Crippen LogP) is 17.3. The van der Waals surface area contributed by atoms with Gasteiger partial charge in [-0.15, -0.1) is 0 Å². The number of H-pyrrole nitrogens is 1. The van der Waals surface area contributed by atoms with Crippen molar-refractivity contribution >= 4 is 38.9 Å². The summed E-state index contributed by atoms with van der Waals surface area (Å²) in [5.41, 5.74) is 26.3. The van der Waals surface area contributed by atoms with E-state index < -0.39 is 0 Å². The molecule has 0 bridgehead atoms. The van der Waals surface area contributed by atoms with Crippen molar-refractivity contribution in [2.75, 3.05) is 4.90 Å². The molecule has 0 fully saturated rings. The van der Waals surface area contributed by atoms with E-state index >= 15 is 0 Å². The van der Waals surface area contributed by atoms with E-state index in [0.29, 0.717) is 0 Å². The summed E-state index contributed by atoms with van der Waals surface area (Å²) >= 11 is 0. The highest BCUT2D eigenvalue weighted by Crippen LogP contribution is 2.50. The van der Waals surface area contributed by atoms with Crippen molar-refractivity contribution in [1.29, 1.82) is 0 Å². The molecule has 0 radical (unpaired) electrons. The number of para-hydroxylation sites is 2. The van der Waals surface area contributed by atoms with Gasteiger partial charge in [0.25, 0.3) is 0 Å². The first-order valence-electron chi connectivity index (χ1n) is 23.1. The number of nitrogens with one attached hydrogen (secondary N) is 1. The van der Waals surface area contributed by atoms with Crippen LogP contribution < -0.4 is 4.90 Å². The summed E-state index contributed by atoms with van der Waals surface area (Å²) in [6, 6.07) is 83.0. The Morgan fingerprint density at radius 2 is 0.864 bits per heavy atom. The van der Waals surface area contributed by atoms with E-state index in [2.05, 4.69) is 248 Å². The second-order valence-corrected chi connectivity index (χ2v) is 18.6. The summed E-state index contributed by atoms with van der Waals surface area (Å²) in [6.07, 6.45) is 0.888. The second-order valence-electron chi connectivity index (χ2n) is 18.6. The predicted molar refractivity (Wildman–Crippen MR) is 278 cm³/mol. The molecule has 66 heavy (non-hydrogen) atoms. The lowest BCUT2D eigenvalue weighted by Crippen LogP contribution is -2.14. The molecule has 0 unspecified atom stereocenters. The minimum absolute atomic E-state index is 0.0426. The molecule has 0 saturated heterocycles. The number of hydrogen-bond donors (Lipinski definition) is 1. The lowest BCUT2D eigenvalue weighted by Gasteiger charge is -2.27. The fraction of sp³-hybridized carbons (Fsp3) is 0.0625. The van der Waals surface area contributed by atoms with Gasteiger partial charge < -0.3 is 9.88 Å². The normalized spacial score (nSPS) is 13.1. The molecule has 2 aliphatic carbocycles. The van der Waals surface area contributed by atoms with Crippen LogP contribution in [0.3, 0.4) is 0 Å². The van der Waals surface area contributed by atoms with Crippen LogP contribution >= 0.6 is 0 Å². The van der Waals surface area contributed by atoms with Gasteiger partial charge in [0.2, 0.25) is 0 Å². The number of rotatable bonds is 7. The van der Waals surface area contributed by atoms with Gasteiger partial charge in [-0.3, -0.25) is 0 Å². The molecule has 10 aromatic carbocycles. The molecule has 0 spiro atoms. The summed E-state index contributed by atoms with van der Waals surface area (Å²) in [6.45, 7) is 4.71. The van der Waals surface area contributed by atoms with Crippen LogP contribution in [-0.2, 0) is 11.8 Å². The Labute approximate surface area is 386 Å². The molecule has 0 saturated carbocycles. The molecule has 2 aliphatic rings. The molecule has 1 aromatic heterocycles. The first-order valence-corrected chi connectivity index (χ1v) is 23.1. The lowest BCUT2D eigenvalue weighted by molar-refractivity contribution is 0.660. The minimum atomic E-state index is -0.0426. The number of aromatic nitrogens is 1. The van der Waals surface area contributed by atoms with Gasteiger partial charge in [0.05, 0.1) is 5.52 Å². The Morgan fingerprint density at radius 1 is 0.348 bits per heavy atom. The number of anilines is 3. The fourth-order valence-corrected chi connectivity index (χ4v) is 11.1. The molecule has 1 heterocycles. The van der Waals surface area contributed by atoms with Crippen LogP contribution in [0.2, 0.25) is 0 Å². The summed E-state index contributed by atoms with van der Waals surface area (Å²) < 4.78 is 0. The van der Waals surface area contributed by atoms with Gasteiger partial charge in [0, 0.05) is 44.3 Å². The van der Waals surface area contributed by atoms with Crippen LogP contribution in [-0.4, -0.2) is 4.98 Å². The van der Waals surface area contributed by atoms with Crippen LogP contribution in [0.25, 0.3) is 88.6 Å². The van der Waals surface area contributed by atoms with Crippen molar-refractivity contribution in [3.63, 3.8) is 0 Å². The van der Waals surface area contributed by atoms with Gasteiger partial charge >= 0.3 is 0 Å². The van der Waals surface area contributed by atoms with E-state index in [1.54, 1.807) is 0 Å². The highest BCUT2D eigenvalue weighted by molar-refractivity contribution is 6.12. The fourth-order valence-electron chi connectivity index (χ4n) is 11.1. The van der Waals surface area contributed by atoms with Crippen molar-refractivity contribution in [3.05, 3.63) is 247 Å². The Bertz CT molecular complexity index is 3680. The summed E-state index contributed by atoms with van der Waals surface area (Å²) in [5.74, 6) is 0. The number of nitrogens with zero attached hydrogens (tertiary/aromatic N) is 1. The largest absolute Gasteiger partial charge is 0.354 e. The van der Waals surface area contributed by atoms with Crippen LogP contribution in [0.5, 0.6) is 0 Å². The van der Waals surface area contributed by atoms with Gasteiger partial charge in [-0.25, -0.2) is 0 Å². The molecular weight excluding hydrogens is 797 g/mol. The zero-order valence-corrected chi connectivity index (χ0v) is 37.0. The maximum absolute atomic E-state index is 3.71. The summed E-state index contributed by atoms with van der Waals surface area (Å²) in [5, 5.41) is 2.52. The molecule has 13 rings (SSSR count). The SMILES string of the molecule is CC1(C)c2ccccc2-c2ccc(-c3ccc(N(c4ccc(-c5ccccc5)cc4)c4ccc5c(c4)Cc4cc(-c6cccc(-c7cccc8c7[nH]c7ccccc78)c6)ccc4-5)cc3)cc21. The highest BCUT2D eigenvalue weighted by atomic mass is 15.1. The van der Waals surface area contributed by atoms with Crippen LogP contribution in [0, 0.1) is 0 Å². The van der Waals surface area contributed by atoms with Crippen LogP contribution in [0.15, 0.2) is 224 Å². The van der Waals surface area contributed by atoms with Crippen molar-refractivity contribution in [2.45, 2.75) is 25.7 Å². The molecule has 0 amide bonds. The average molecular weight is 843 g/mol. The lowest BCUT2D eigenvalue weighted by atomic mass is 9.81. The molecule has 2 nitrogen and oxygen atoms in total. The Hall–Kier alpha value is -8.20. The number of hydrogen-bond acceptors (Lipinski definition) is 1. The van der Waals surface area contributed by atoms with Gasteiger partial charge in [-0.05, 0) is 144 Å². The average Bonchev–Trinajstić information content (AvgIpc) is 4.01. The summed E-state index contributed by atoms with van der Waals surface area (Å²) in [4.78, 5) is 6.12. The van der Waals surface area contributed by atoms with E-state index in [0.717, 1.165) is 23.5 Å². The molecule has 0 aliphatic heterocycles. The zero-order chi connectivity index (χ0) is 43.9. The maximum atomic E-state index is 3.71. The van der Waals surface area contributed by atoms with Gasteiger partial charge in [-0.1, -0.05) is 184 Å². The van der Waals surface area contributed by atoms with E-state index in [4.69, 9.17) is 0 Å². The zero-order valence-electron chi connectivity index (χ0n) is 37.0. The smallest absolute Gasteiger partial charge is 0.0544 e. The molecule has 2 heteroatoms. The minimum Gasteiger partial charge on any atom is -0.354 e. The van der Waals surface area contributed by atoms with Crippen LogP contribution in [0.4, 0.5) is 17.1 Å². The van der Waals surface area contributed by atoms with E-state index in [9.17, 15) is 0 Å². The number of aromatic amines is 1. The van der Waals surface area contributed by atoms with Gasteiger partial charge in [0.1, 0.15) is 0 Å². The Kier molecular flexibility index (Phi) is 8.66. The number of benzene rings is 10. The number of fused-ring (bicyclic) bond motifs is 9. The Morgan fingerprint density at radius 3 is 1.67 bits per heavy atom. The van der Waals surface area contributed by atoms with Gasteiger partial charge in [-0.2, -0.15) is 0 Å². The monoisotopic (exact) mass is 842 g/mol. The summed E-state index contributed by atoms with van der Waals surface area (Å²) in [7, 11) is 0.